The molecule has 0 saturated carbocycles. The number of allylic oxidation sites excluding steroid dienone is 3. The first-order chi connectivity index (χ1) is 13.2. The largest absolute Gasteiger partial charge is 0.345 e. The number of fused-ring (bicyclic) bond motifs is 1. The van der Waals surface area contributed by atoms with Gasteiger partial charge in [-0.1, -0.05) is 61.2 Å². The van der Waals surface area contributed by atoms with Crippen LogP contribution in [0, 0.1) is 5.92 Å². The fraction of sp³-hybridized carbons (Fsp3) is 0.409. The summed E-state index contributed by atoms with van der Waals surface area (Å²) in [6, 6.07) is 8.18. The number of hydrogen-bond donors (Lipinski definition) is 2. The van der Waals surface area contributed by atoms with Crippen LogP contribution in [0.4, 0.5) is 0 Å². The first-order valence-corrected chi connectivity index (χ1v) is 10.7. The summed E-state index contributed by atoms with van der Waals surface area (Å²) in [5.74, 6) is 0.729. The molecule has 2 aliphatic heterocycles. The van der Waals surface area contributed by atoms with Gasteiger partial charge in [0.25, 0.3) is 0 Å². The Bertz CT molecular complexity index is 814. The predicted molar refractivity (Wildman–Crippen MR) is 112 cm³/mol. The van der Waals surface area contributed by atoms with E-state index in [-0.39, 0.29) is 17.4 Å². The van der Waals surface area contributed by atoms with Crippen molar-refractivity contribution in [1.82, 2.24) is 15.5 Å². The molecule has 3 atom stereocenters. The first-order valence-electron chi connectivity index (χ1n) is 9.73. The maximum atomic E-state index is 12.8. The highest BCUT2D eigenvalue weighted by atomic mass is 32.2. The lowest BCUT2D eigenvalue weighted by Crippen LogP contribution is -2.52. The molecule has 5 heteroatoms. The van der Waals surface area contributed by atoms with Crippen LogP contribution in [0.25, 0.3) is 0 Å². The Balaban J connectivity index is 1.35. The first kappa shape index (κ1) is 18.4. The van der Waals surface area contributed by atoms with Crippen LogP contribution in [0.15, 0.2) is 59.2 Å². The highest BCUT2D eigenvalue weighted by molar-refractivity contribution is 8.02. The van der Waals surface area contributed by atoms with Gasteiger partial charge in [0.05, 0.1) is 11.7 Å². The number of nitrogens with one attached hydrogen (secondary N) is 2. The van der Waals surface area contributed by atoms with Crippen LogP contribution in [0.3, 0.4) is 0 Å². The van der Waals surface area contributed by atoms with Gasteiger partial charge >= 0.3 is 0 Å². The smallest absolute Gasteiger partial charge is 0.239 e. The molecule has 1 aromatic rings. The molecule has 1 amide bonds. The average molecular weight is 382 g/mol. The molecule has 4 nitrogen and oxygen atoms in total. The highest BCUT2D eigenvalue weighted by Crippen LogP contribution is 2.34. The Kier molecular flexibility index (Phi) is 5.41. The fourth-order valence-corrected chi connectivity index (χ4v) is 4.89. The third-order valence-corrected chi connectivity index (χ3v) is 6.76. The minimum Gasteiger partial charge on any atom is -0.345 e. The van der Waals surface area contributed by atoms with Gasteiger partial charge in [-0.15, -0.1) is 0 Å². The van der Waals surface area contributed by atoms with Crippen LogP contribution in [-0.4, -0.2) is 29.4 Å². The molecule has 0 saturated heterocycles. The van der Waals surface area contributed by atoms with E-state index in [0.717, 1.165) is 19.4 Å². The maximum Gasteiger partial charge on any atom is 0.239 e. The van der Waals surface area contributed by atoms with Crippen LogP contribution in [0.1, 0.15) is 30.9 Å². The summed E-state index contributed by atoms with van der Waals surface area (Å²) in [5.41, 5.74) is 4.96. The Morgan fingerprint density at radius 1 is 1.33 bits per heavy atom. The van der Waals surface area contributed by atoms with E-state index in [1.165, 1.54) is 28.8 Å². The van der Waals surface area contributed by atoms with Gasteiger partial charge in [0.15, 0.2) is 5.50 Å². The van der Waals surface area contributed by atoms with Crippen LogP contribution < -0.4 is 10.6 Å². The van der Waals surface area contributed by atoms with Crippen molar-refractivity contribution < 1.29 is 4.79 Å². The average Bonchev–Trinajstić information content (AvgIpc) is 3.08. The molecule has 0 aromatic heterocycles. The van der Waals surface area contributed by atoms with Gasteiger partial charge in [-0.3, -0.25) is 4.79 Å². The van der Waals surface area contributed by atoms with Gasteiger partial charge < -0.3 is 15.5 Å². The van der Waals surface area contributed by atoms with Crippen molar-refractivity contribution in [3.8, 4) is 0 Å². The van der Waals surface area contributed by atoms with Gasteiger partial charge in [-0.25, -0.2) is 0 Å². The summed E-state index contributed by atoms with van der Waals surface area (Å²) in [6.45, 7) is 2.98. The molecule has 2 N–H and O–H groups in total. The summed E-state index contributed by atoms with van der Waals surface area (Å²) >= 11 is 1.67. The highest BCUT2D eigenvalue weighted by Gasteiger charge is 2.30. The second-order valence-electron chi connectivity index (χ2n) is 7.44. The minimum atomic E-state index is -0.169. The summed E-state index contributed by atoms with van der Waals surface area (Å²) in [5, 5.41) is 8.74. The van der Waals surface area contributed by atoms with Gasteiger partial charge in [-0.2, -0.15) is 0 Å². The molecule has 1 aromatic carbocycles. The number of thioether (sulfide) groups is 1. The molecule has 0 bridgehead atoms. The lowest BCUT2D eigenvalue weighted by atomic mass is 9.93. The van der Waals surface area contributed by atoms with E-state index in [4.69, 9.17) is 0 Å². The molecule has 4 rings (SSSR count). The van der Waals surface area contributed by atoms with Crippen molar-refractivity contribution in [3.63, 3.8) is 0 Å². The molecule has 0 fully saturated rings. The van der Waals surface area contributed by atoms with E-state index in [2.05, 4.69) is 71.3 Å². The number of likely N-dealkylation sites (N-methyl/N-ethyl adjacent to an activating group) is 1. The Morgan fingerprint density at radius 3 is 2.89 bits per heavy atom. The quantitative estimate of drug-likeness (QED) is 0.837. The molecular formula is C22H27N3OS. The standard InChI is InChI=1S/C22H27N3OS/c1-3-15-8-10-16(11-9-15)20-14-27-22(25(20)2)24-21(26)19-12-17-6-4-5-7-18(17)13-23-19/h4-8,10-11,14-15,19,22-23H,3,9,12-13H2,1-2H3,(H,24,26). The number of benzene rings is 1. The molecule has 3 aliphatic rings. The van der Waals surface area contributed by atoms with E-state index in [9.17, 15) is 4.79 Å². The number of nitrogens with zero attached hydrogens (tertiary/aromatic N) is 1. The van der Waals surface area contributed by atoms with Crippen LogP contribution in [0.2, 0.25) is 0 Å². The topological polar surface area (TPSA) is 44.4 Å². The molecule has 142 valence electrons. The Labute approximate surface area is 165 Å². The minimum absolute atomic E-state index is 0.0512. The summed E-state index contributed by atoms with van der Waals surface area (Å²) in [7, 11) is 2.06. The van der Waals surface area contributed by atoms with E-state index < -0.39 is 0 Å². The predicted octanol–water partition coefficient (Wildman–Crippen LogP) is 3.53. The Hall–Kier alpha value is -1.98. The monoisotopic (exact) mass is 381 g/mol. The van der Waals surface area contributed by atoms with E-state index in [0.29, 0.717) is 5.92 Å². The molecule has 1 aliphatic carbocycles. The third kappa shape index (κ3) is 3.85. The number of carbonyl (C=O) groups is 1. The van der Waals surface area contributed by atoms with Crippen molar-refractivity contribution in [2.24, 2.45) is 5.92 Å². The zero-order valence-corrected chi connectivity index (χ0v) is 16.8. The van der Waals surface area contributed by atoms with Crippen LogP contribution >= 0.6 is 11.8 Å². The van der Waals surface area contributed by atoms with Crippen molar-refractivity contribution in [1.29, 1.82) is 0 Å². The number of hydrogen-bond acceptors (Lipinski definition) is 4. The summed E-state index contributed by atoms with van der Waals surface area (Å²) in [6.07, 6.45) is 9.88. The number of carbonyl (C=O) groups excluding carboxylic acids is 1. The van der Waals surface area contributed by atoms with Gasteiger partial charge in [0.2, 0.25) is 5.91 Å². The van der Waals surface area contributed by atoms with Crippen LogP contribution in [0.5, 0.6) is 0 Å². The van der Waals surface area contributed by atoms with Crippen molar-refractivity contribution >= 4 is 17.7 Å². The summed E-state index contributed by atoms with van der Waals surface area (Å²) < 4.78 is 0. The van der Waals surface area contributed by atoms with Crippen molar-refractivity contribution in [2.75, 3.05) is 7.05 Å². The zero-order valence-electron chi connectivity index (χ0n) is 15.9. The SMILES string of the molecule is CCC1C=CC(C2=CSC(NC(=O)C3Cc4ccccc4CN3)N2C)=CC1. The van der Waals surface area contributed by atoms with Crippen molar-refractivity contribution in [3.05, 3.63) is 70.3 Å². The van der Waals surface area contributed by atoms with E-state index in [1.807, 2.05) is 6.07 Å². The molecule has 27 heavy (non-hydrogen) atoms. The van der Waals surface area contributed by atoms with Gasteiger partial charge in [0, 0.05) is 13.6 Å². The molecular weight excluding hydrogens is 354 g/mol. The normalized spacial score (nSPS) is 27.0. The van der Waals surface area contributed by atoms with Gasteiger partial charge in [0.1, 0.15) is 0 Å². The fourth-order valence-electron chi connectivity index (χ4n) is 3.85. The van der Waals surface area contributed by atoms with Crippen LogP contribution in [-0.2, 0) is 17.8 Å². The zero-order chi connectivity index (χ0) is 18.8. The maximum absolute atomic E-state index is 12.8. The molecule has 2 heterocycles. The Morgan fingerprint density at radius 2 is 2.15 bits per heavy atom. The van der Waals surface area contributed by atoms with E-state index >= 15 is 0 Å². The lowest BCUT2D eigenvalue weighted by molar-refractivity contribution is -0.124. The summed E-state index contributed by atoms with van der Waals surface area (Å²) in [4.78, 5) is 15.0. The second kappa shape index (κ2) is 7.95. The molecule has 0 spiro atoms. The molecule has 0 radical (unpaired) electrons. The number of rotatable bonds is 4. The number of amides is 1. The third-order valence-electron chi connectivity index (χ3n) is 5.71. The van der Waals surface area contributed by atoms with Gasteiger partial charge in [-0.05, 0) is 47.3 Å². The van der Waals surface area contributed by atoms with E-state index in [1.54, 1.807) is 11.8 Å². The van der Waals surface area contributed by atoms with Crippen molar-refractivity contribution in [2.45, 2.75) is 44.3 Å². The second-order valence-corrected chi connectivity index (χ2v) is 8.39. The lowest BCUT2D eigenvalue weighted by Gasteiger charge is -2.30. The molecule has 3 unspecified atom stereocenters.